The van der Waals surface area contributed by atoms with Crippen LogP contribution in [0.5, 0.6) is 0 Å². The van der Waals surface area contributed by atoms with Crippen LogP contribution in [-0.2, 0) is 11.3 Å². The van der Waals surface area contributed by atoms with Gasteiger partial charge in [0.2, 0.25) is 11.9 Å². The Hall–Kier alpha value is -4.11. The first-order valence-corrected chi connectivity index (χ1v) is 13.0. The van der Waals surface area contributed by atoms with Crippen LogP contribution >= 0.6 is 0 Å². The van der Waals surface area contributed by atoms with E-state index in [1.54, 1.807) is 11.1 Å². The van der Waals surface area contributed by atoms with Crippen molar-refractivity contribution < 1.29 is 4.79 Å². The highest BCUT2D eigenvalue weighted by atomic mass is 16.2. The standard InChI is InChI=1S/C29H33N7O2/c1-18(2)32-29-31-16-22-15-24(23-9-8-21(14-19(23)3)25-7-5-6-20(4)33-25)28(38)36(27(22)34-29)17-26(37)35-12-10-30-11-13-35/h5-9,14-16,18,30H,10-13,17H2,1-4H3,(H,31,32,34). The summed E-state index contributed by atoms with van der Waals surface area (Å²) >= 11 is 0. The minimum atomic E-state index is -0.250. The predicted molar refractivity (Wildman–Crippen MR) is 150 cm³/mol. The number of piperazine rings is 1. The molecule has 1 saturated heterocycles. The van der Waals surface area contributed by atoms with Crippen LogP contribution in [-0.4, -0.2) is 62.5 Å². The Morgan fingerprint density at radius 1 is 1.05 bits per heavy atom. The number of hydrogen-bond donors (Lipinski definition) is 2. The highest BCUT2D eigenvalue weighted by Crippen LogP contribution is 2.28. The molecular formula is C29H33N7O2. The van der Waals surface area contributed by atoms with Crippen LogP contribution in [0.25, 0.3) is 33.4 Å². The van der Waals surface area contributed by atoms with E-state index in [-0.39, 0.29) is 24.1 Å². The van der Waals surface area contributed by atoms with E-state index >= 15 is 0 Å². The molecule has 0 atom stereocenters. The van der Waals surface area contributed by atoms with Gasteiger partial charge in [-0.2, -0.15) is 4.98 Å². The van der Waals surface area contributed by atoms with Crippen LogP contribution in [0.4, 0.5) is 5.95 Å². The zero-order chi connectivity index (χ0) is 26.8. The molecule has 0 saturated carbocycles. The van der Waals surface area contributed by atoms with Crippen molar-refractivity contribution in [1.82, 2.24) is 29.7 Å². The zero-order valence-corrected chi connectivity index (χ0v) is 22.3. The molecule has 196 valence electrons. The number of aromatic nitrogens is 4. The summed E-state index contributed by atoms with van der Waals surface area (Å²) in [6.07, 6.45) is 1.71. The van der Waals surface area contributed by atoms with E-state index in [2.05, 4.69) is 25.6 Å². The van der Waals surface area contributed by atoms with Gasteiger partial charge >= 0.3 is 0 Å². The Morgan fingerprint density at radius 2 is 1.84 bits per heavy atom. The van der Waals surface area contributed by atoms with Gasteiger partial charge in [0.05, 0.1) is 5.69 Å². The number of nitrogens with one attached hydrogen (secondary N) is 2. The van der Waals surface area contributed by atoms with E-state index < -0.39 is 0 Å². The average molecular weight is 512 g/mol. The van der Waals surface area contributed by atoms with Gasteiger partial charge in [-0.1, -0.05) is 18.2 Å². The van der Waals surface area contributed by atoms with Crippen LogP contribution in [0, 0.1) is 13.8 Å². The van der Waals surface area contributed by atoms with Gasteiger partial charge in [-0.05, 0) is 63.1 Å². The minimum Gasteiger partial charge on any atom is -0.352 e. The van der Waals surface area contributed by atoms with Crippen molar-refractivity contribution in [1.29, 1.82) is 0 Å². The van der Waals surface area contributed by atoms with Crippen molar-refractivity contribution in [3.63, 3.8) is 0 Å². The SMILES string of the molecule is Cc1cccc(-c2ccc(-c3cc4cnc(NC(C)C)nc4n(CC(=O)N4CCNCC4)c3=O)c(C)c2)n1. The number of anilines is 1. The number of rotatable bonds is 6. The third-order valence-corrected chi connectivity index (χ3v) is 6.71. The Balaban J connectivity index is 1.61. The average Bonchev–Trinajstić information content (AvgIpc) is 2.90. The lowest BCUT2D eigenvalue weighted by Gasteiger charge is -2.28. The predicted octanol–water partition coefficient (Wildman–Crippen LogP) is 3.39. The molecule has 0 spiro atoms. The quantitative estimate of drug-likeness (QED) is 0.409. The fraction of sp³-hybridized carbons (Fsp3) is 0.345. The topological polar surface area (TPSA) is 105 Å². The molecule has 0 radical (unpaired) electrons. The number of pyridine rings is 2. The third-order valence-electron chi connectivity index (χ3n) is 6.71. The number of aryl methyl sites for hydroxylation is 2. The van der Waals surface area contributed by atoms with Crippen molar-refractivity contribution in [2.75, 3.05) is 31.5 Å². The zero-order valence-electron chi connectivity index (χ0n) is 22.3. The molecule has 38 heavy (non-hydrogen) atoms. The second-order valence-electron chi connectivity index (χ2n) is 10.0. The van der Waals surface area contributed by atoms with Crippen molar-refractivity contribution in [2.24, 2.45) is 0 Å². The molecule has 2 N–H and O–H groups in total. The number of nitrogens with zero attached hydrogens (tertiary/aromatic N) is 5. The van der Waals surface area contributed by atoms with Crippen LogP contribution in [0.2, 0.25) is 0 Å². The van der Waals surface area contributed by atoms with E-state index in [0.29, 0.717) is 35.6 Å². The second kappa shape index (κ2) is 10.7. The van der Waals surface area contributed by atoms with Gasteiger partial charge < -0.3 is 15.5 Å². The molecule has 9 heteroatoms. The molecule has 5 rings (SSSR count). The van der Waals surface area contributed by atoms with E-state index in [1.807, 2.05) is 70.2 Å². The molecule has 0 bridgehead atoms. The van der Waals surface area contributed by atoms with Crippen molar-refractivity contribution >= 4 is 22.9 Å². The molecule has 1 aromatic carbocycles. The summed E-state index contributed by atoms with van der Waals surface area (Å²) in [4.78, 5) is 42.7. The first-order valence-electron chi connectivity index (χ1n) is 13.0. The summed E-state index contributed by atoms with van der Waals surface area (Å²) in [6, 6.07) is 13.9. The van der Waals surface area contributed by atoms with E-state index in [4.69, 9.17) is 0 Å². The molecule has 1 aliphatic heterocycles. The molecule has 4 heterocycles. The maximum Gasteiger partial charge on any atom is 0.260 e. The lowest BCUT2D eigenvalue weighted by molar-refractivity contribution is -0.132. The lowest BCUT2D eigenvalue weighted by Crippen LogP contribution is -2.48. The number of amides is 1. The molecular weight excluding hydrogens is 478 g/mol. The van der Waals surface area contributed by atoms with Crippen molar-refractivity contribution in [2.45, 2.75) is 40.3 Å². The smallest absolute Gasteiger partial charge is 0.260 e. The Morgan fingerprint density at radius 3 is 2.55 bits per heavy atom. The van der Waals surface area contributed by atoms with E-state index in [1.165, 1.54) is 4.57 Å². The first kappa shape index (κ1) is 25.5. The summed E-state index contributed by atoms with van der Waals surface area (Å²) < 4.78 is 1.50. The first-order chi connectivity index (χ1) is 18.3. The molecule has 0 aliphatic carbocycles. The molecule has 9 nitrogen and oxygen atoms in total. The number of carbonyl (C=O) groups is 1. The Bertz CT molecular complexity index is 1550. The van der Waals surface area contributed by atoms with Gasteiger partial charge in [-0.25, -0.2) is 4.98 Å². The van der Waals surface area contributed by atoms with E-state index in [9.17, 15) is 9.59 Å². The second-order valence-corrected chi connectivity index (χ2v) is 10.0. The number of hydrogen-bond acceptors (Lipinski definition) is 7. The van der Waals surface area contributed by atoms with E-state index in [0.717, 1.165) is 41.2 Å². The fourth-order valence-corrected chi connectivity index (χ4v) is 4.80. The highest BCUT2D eigenvalue weighted by molar-refractivity contribution is 5.85. The fourth-order valence-electron chi connectivity index (χ4n) is 4.80. The maximum absolute atomic E-state index is 14.0. The Labute approximate surface area is 222 Å². The highest BCUT2D eigenvalue weighted by Gasteiger charge is 2.21. The van der Waals surface area contributed by atoms with Crippen LogP contribution < -0.4 is 16.2 Å². The van der Waals surface area contributed by atoms with Gasteiger partial charge in [0.1, 0.15) is 12.2 Å². The van der Waals surface area contributed by atoms with Gasteiger partial charge in [0.15, 0.2) is 0 Å². The largest absolute Gasteiger partial charge is 0.352 e. The molecule has 4 aromatic rings. The molecule has 1 amide bonds. The van der Waals surface area contributed by atoms with Crippen LogP contribution in [0.1, 0.15) is 25.1 Å². The van der Waals surface area contributed by atoms with Crippen LogP contribution in [0.15, 0.2) is 53.5 Å². The number of fused-ring (bicyclic) bond motifs is 1. The molecule has 1 fully saturated rings. The summed E-state index contributed by atoms with van der Waals surface area (Å²) in [5.74, 6) is 0.329. The van der Waals surface area contributed by atoms with Crippen LogP contribution in [0.3, 0.4) is 0 Å². The molecule has 3 aromatic heterocycles. The van der Waals surface area contributed by atoms with Crippen molar-refractivity contribution in [3.8, 4) is 22.4 Å². The summed E-state index contributed by atoms with van der Waals surface area (Å²) in [7, 11) is 0. The minimum absolute atomic E-state index is 0.0777. The van der Waals surface area contributed by atoms with Gasteiger partial charge in [0.25, 0.3) is 5.56 Å². The van der Waals surface area contributed by atoms with Gasteiger partial charge in [-0.3, -0.25) is 19.1 Å². The third kappa shape index (κ3) is 5.28. The summed E-state index contributed by atoms with van der Waals surface area (Å²) in [6.45, 7) is 10.6. The molecule has 1 aliphatic rings. The van der Waals surface area contributed by atoms with Gasteiger partial charge in [0, 0.05) is 60.6 Å². The van der Waals surface area contributed by atoms with Gasteiger partial charge in [-0.15, -0.1) is 0 Å². The Kier molecular flexibility index (Phi) is 7.20. The summed E-state index contributed by atoms with van der Waals surface area (Å²) in [5, 5.41) is 7.15. The number of carbonyl (C=O) groups excluding carboxylic acids is 1. The summed E-state index contributed by atoms with van der Waals surface area (Å²) in [5.41, 5.74) is 5.27. The number of benzene rings is 1. The monoisotopic (exact) mass is 511 g/mol. The van der Waals surface area contributed by atoms with Crippen molar-refractivity contribution in [3.05, 3.63) is 70.3 Å². The molecule has 0 unspecified atom stereocenters. The maximum atomic E-state index is 14.0. The lowest BCUT2D eigenvalue weighted by atomic mass is 9.97. The normalized spacial score (nSPS) is 13.8.